The van der Waals surface area contributed by atoms with Crippen LogP contribution in [-0.2, 0) is 28.8 Å². The van der Waals surface area contributed by atoms with Crippen LogP contribution < -0.4 is 0 Å². The number of cyclic esters (lactones) is 1. The summed E-state index contributed by atoms with van der Waals surface area (Å²) >= 11 is 0. The van der Waals surface area contributed by atoms with E-state index in [9.17, 15) is 13.2 Å². The van der Waals surface area contributed by atoms with Gasteiger partial charge in [0.1, 0.15) is 9.84 Å². The first kappa shape index (κ1) is 45.3. The van der Waals surface area contributed by atoms with Gasteiger partial charge in [0.25, 0.3) is 0 Å². The van der Waals surface area contributed by atoms with E-state index in [2.05, 4.69) is 18.6 Å². The molecule has 3 aliphatic heterocycles. The van der Waals surface area contributed by atoms with E-state index in [0.717, 1.165) is 25.9 Å². The molecule has 7 heteroatoms. The summed E-state index contributed by atoms with van der Waals surface area (Å²) in [6.07, 6.45) is 10.5. The molecule has 3 heterocycles. The summed E-state index contributed by atoms with van der Waals surface area (Å²) in [6, 6.07) is 0. The molecule has 0 spiro atoms. The molecule has 4 fully saturated rings. The van der Waals surface area contributed by atoms with E-state index >= 15 is 0 Å². The predicted molar refractivity (Wildman–Crippen MR) is 158 cm³/mol. The van der Waals surface area contributed by atoms with Gasteiger partial charge in [-0.1, -0.05) is 102 Å². The van der Waals surface area contributed by atoms with Gasteiger partial charge >= 0.3 is 5.97 Å². The molecule has 0 aromatic carbocycles. The van der Waals surface area contributed by atoms with Crippen molar-refractivity contribution >= 4 is 15.8 Å². The number of hydrogen-bond acceptors (Lipinski definition) is 6. The molecule has 4 unspecified atom stereocenters. The maximum atomic E-state index is 10.4. The summed E-state index contributed by atoms with van der Waals surface area (Å²) in [5.74, 6) is 1.50. The number of rotatable bonds is 0. The summed E-state index contributed by atoms with van der Waals surface area (Å²) in [4.78, 5) is 10.4. The molecule has 3 saturated heterocycles. The zero-order valence-electron chi connectivity index (χ0n) is 24.2. The Labute approximate surface area is 227 Å². The summed E-state index contributed by atoms with van der Waals surface area (Å²) < 4.78 is 36.1. The quantitative estimate of drug-likeness (QED) is 0.286. The SMILES string of the molecule is C.C.C1CCCC1.CC.CC.CC.CC1CCOC1=O.CC1OCC(C)C(C)O1.O=S1(=O)CCCC1. The zero-order chi connectivity index (χ0) is 27.0. The van der Waals surface area contributed by atoms with Crippen molar-refractivity contribution in [3.05, 3.63) is 0 Å². The molecule has 36 heavy (non-hydrogen) atoms. The van der Waals surface area contributed by atoms with Crippen LogP contribution >= 0.6 is 0 Å². The zero-order valence-corrected chi connectivity index (χ0v) is 25.0. The fraction of sp³-hybridized carbons (Fsp3) is 0.966. The number of ether oxygens (including phenoxy) is 3. The Kier molecular flexibility index (Phi) is 38.4. The summed E-state index contributed by atoms with van der Waals surface area (Å²) in [5, 5.41) is 0. The Hall–Kier alpha value is -0.660. The van der Waals surface area contributed by atoms with Crippen LogP contribution in [0.2, 0.25) is 0 Å². The lowest BCUT2D eigenvalue weighted by atomic mass is 10.1. The van der Waals surface area contributed by atoms with Crippen LogP contribution in [0.15, 0.2) is 0 Å². The average Bonchev–Trinajstić information content (AvgIpc) is 3.62. The molecule has 0 aromatic heterocycles. The summed E-state index contributed by atoms with van der Waals surface area (Å²) in [5.41, 5.74) is 0. The van der Waals surface area contributed by atoms with Crippen molar-refractivity contribution in [2.45, 2.75) is 148 Å². The second-order valence-electron chi connectivity index (χ2n) is 8.20. The van der Waals surface area contributed by atoms with Gasteiger partial charge in [-0.2, -0.15) is 0 Å². The number of sulfone groups is 1. The molecule has 4 rings (SSSR count). The van der Waals surface area contributed by atoms with Crippen molar-refractivity contribution in [1.82, 2.24) is 0 Å². The van der Waals surface area contributed by atoms with E-state index in [1.165, 1.54) is 32.1 Å². The minimum Gasteiger partial charge on any atom is -0.465 e. The van der Waals surface area contributed by atoms with Crippen LogP contribution in [-0.4, -0.2) is 51.5 Å². The van der Waals surface area contributed by atoms with Crippen LogP contribution in [0.4, 0.5) is 0 Å². The van der Waals surface area contributed by atoms with Gasteiger partial charge in [0.2, 0.25) is 0 Å². The number of carbonyl (C=O) groups excluding carboxylic acids is 1. The van der Waals surface area contributed by atoms with Crippen molar-refractivity contribution in [2.75, 3.05) is 24.7 Å². The van der Waals surface area contributed by atoms with Gasteiger partial charge in [0, 0.05) is 5.92 Å². The monoisotopic (exact) mass is 542 g/mol. The standard InChI is InChI=1S/C7H14O2.C5H8O2.C5H10.C4H8O2S.3C2H6.2CH4/c1-5-4-8-7(3)9-6(5)2;1-4-2-3-7-5(4)6;1-2-4-5-3-1;5-7(6)3-1-2-4-7;3*1-2;;/h5-7H,4H2,1-3H3;4H,2-3H2,1H3;1-5H2;1-4H2;3*1-2H3;2*1H4. The summed E-state index contributed by atoms with van der Waals surface area (Å²) in [6.45, 7) is 21.5. The maximum Gasteiger partial charge on any atom is 0.308 e. The molecular formula is C29H66O6S. The molecule has 0 bridgehead atoms. The van der Waals surface area contributed by atoms with Gasteiger partial charge in [-0.05, 0) is 33.1 Å². The van der Waals surface area contributed by atoms with Gasteiger partial charge < -0.3 is 14.2 Å². The minimum absolute atomic E-state index is 0. The highest BCUT2D eigenvalue weighted by atomic mass is 32.2. The number of esters is 1. The van der Waals surface area contributed by atoms with E-state index in [1.807, 2.05) is 55.4 Å². The highest BCUT2D eigenvalue weighted by Gasteiger charge is 2.22. The van der Waals surface area contributed by atoms with Gasteiger partial charge in [0.05, 0.1) is 36.7 Å². The van der Waals surface area contributed by atoms with Crippen molar-refractivity contribution in [3.63, 3.8) is 0 Å². The Bertz CT molecular complexity index is 512. The smallest absolute Gasteiger partial charge is 0.308 e. The summed E-state index contributed by atoms with van der Waals surface area (Å²) in [7, 11) is -2.55. The molecule has 4 aliphatic rings. The fourth-order valence-electron chi connectivity index (χ4n) is 3.12. The molecule has 224 valence electrons. The first-order valence-electron chi connectivity index (χ1n) is 13.9. The topological polar surface area (TPSA) is 78.9 Å². The van der Waals surface area contributed by atoms with Crippen LogP contribution in [0.5, 0.6) is 0 Å². The molecular weight excluding hydrogens is 476 g/mol. The van der Waals surface area contributed by atoms with Crippen LogP contribution in [0.3, 0.4) is 0 Å². The van der Waals surface area contributed by atoms with E-state index in [0.29, 0.717) is 30.1 Å². The first-order valence-corrected chi connectivity index (χ1v) is 15.7. The molecule has 0 radical (unpaired) electrons. The van der Waals surface area contributed by atoms with Crippen LogP contribution in [0.25, 0.3) is 0 Å². The predicted octanol–water partition coefficient (Wildman–Crippen LogP) is 8.47. The number of carbonyl (C=O) groups is 1. The Balaban J connectivity index is -0.000000110. The molecule has 6 nitrogen and oxygen atoms in total. The second kappa shape index (κ2) is 30.6. The lowest BCUT2D eigenvalue weighted by Gasteiger charge is -2.30. The maximum absolute atomic E-state index is 10.4. The third-order valence-corrected chi connectivity index (χ3v) is 7.23. The van der Waals surface area contributed by atoms with Crippen molar-refractivity contribution in [1.29, 1.82) is 0 Å². The molecule has 1 aliphatic carbocycles. The molecule has 0 amide bonds. The van der Waals surface area contributed by atoms with Gasteiger partial charge in [0.15, 0.2) is 6.29 Å². The molecule has 0 aromatic rings. The van der Waals surface area contributed by atoms with Crippen molar-refractivity contribution in [3.8, 4) is 0 Å². The molecule has 0 N–H and O–H groups in total. The van der Waals surface area contributed by atoms with E-state index < -0.39 is 9.84 Å². The largest absolute Gasteiger partial charge is 0.465 e. The molecule has 1 saturated carbocycles. The van der Waals surface area contributed by atoms with Gasteiger partial charge in [-0.3, -0.25) is 4.79 Å². The highest BCUT2D eigenvalue weighted by molar-refractivity contribution is 7.91. The normalized spacial score (nSPS) is 26.4. The lowest BCUT2D eigenvalue weighted by Crippen LogP contribution is -2.35. The fourth-order valence-corrected chi connectivity index (χ4v) is 4.62. The van der Waals surface area contributed by atoms with Gasteiger partial charge in [-0.25, -0.2) is 8.42 Å². The Morgan fingerprint density at radius 1 is 0.722 bits per heavy atom. The third kappa shape index (κ3) is 26.4. The van der Waals surface area contributed by atoms with Crippen molar-refractivity contribution < 1.29 is 27.4 Å². The first-order chi connectivity index (χ1) is 16.2. The van der Waals surface area contributed by atoms with Crippen LogP contribution in [0, 0.1) is 11.8 Å². The minimum atomic E-state index is -2.55. The average molecular weight is 543 g/mol. The second-order valence-corrected chi connectivity index (χ2v) is 10.5. The van der Waals surface area contributed by atoms with E-state index in [1.54, 1.807) is 0 Å². The number of hydrogen-bond donors (Lipinski definition) is 0. The van der Waals surface area contributed by atoms with E-state index in [4.69, 9.17) is 9.47 Å². The molecule has 4 atom stereocenters. The van der Waals surface area contributed by atoms with Crippen molar-refractivity contribution in [2.24, 2.45) is 11.8 Å². The third-order valence-electron chi connectivity index (χ3n) is 5.41. The van der Waals surface area contributed by atoms with E-state index in [-0.39, 0.29) is 33.0 Å². The van der Waals surface area contributed by atoms with Crippen LogP contribution in [0.1, 0.15) is 135 Å². The lowest BCUT2D eigenvalue weighted by molar-refractivity contribution is -0.219. The van der Waals surface area contributed by atoms with Gasteiger partial charge in [-0.15, -0.1) is 0 Å². The Morgan fingerprint density at radius 2 is 1.14 bits per heavy atom. The Morgan fingerprint density at radius 3 is 1.33 bits per heavy atom. The highest BCUT2D eigenvalue weighted by Crippen LogP contribution is 2.17.